The molecule has 1 saturated heterocycles. The van der Waals surface area contributed by atoms with Gasteiger partial charge in [-0.3, -0.25) is 14.5 Å². The van der Waals surface area contributed by atoms with E-state index in [0.717, 1.165) is 18.8 Å². The van der Waals surface area contributed by atoms with E-state index in [1.807, 2.05) is 18.2 Å². The molecule has 0 spiro atoms. The molecule has 1 aromatic carbocycles. The van der Waals surface area contributed by atoms with E-state index in [9.17, 15) is 9.59 Å². The summed E-state index contributed by atoms with van der Waals surface area (Å²) in [6.45, 7) is 7.48. The zero-order valence-corrected chi connectivity index (χ0v) is 14.6. The second-order valence-electron chi connectivity index (χ2n) is 5.49. The van der Waals surface area contributed by atoms with Crippen LogP contribution in [-0.4, -0.2) is 59.4 Å². The van der Waals surface area contributed by atoms with Crippen LogP contribution in [0.5, 0.6) is 0 Å². The molecule has 2 amide bonds. The molecule has 126 valence electrons. The Kier molecular flexibility index (Phi) is 6.92. The third-order valence-electron chi connectivity index (χ3n) is 4.11. The number of thioether (sulfide) groups is 1. The van der Waals surface area contributed by atoms with Crippen molar-refractivity contribution in [3.05, 3.63) is 35.9 Å². The molecule has 1 aliphatic heterocycles. The van der Waals surface area contributed by atoms with E-state index >= 15 is 0 Å². The minimum Gasteiger partial charge on any atom is -0.353 e. The van der Waals surface area contributed by atoms with Crippen LogP contribution in [0.2, 0.25) is 0 Å². The lowest BCUT2D eigenvalue weighted by Crippen LogP contribution is -2.42. The van der Waals surface area contributed by atoms with Crippen molar-refractivity contribution in [3.63, 3.8) is 0 Å². The lowest BCUT2D eigenvalue weighted by atomic mass is 10.1. The lowest BCUT2D eigenvalue weighted by Gasteiger charge is -2.30. The molecule has 23 heavy (non-hydrogen) atoms. The molecule has 0 aliphatic carbocycles. The summed E-state index contributed by atoms with van der Waals surface area (Å²) in [6.07, 6.45) is 0. The fraction of sp³-hybridized carbons (Fsp3) is 0.529. The standard InChI is InChI=1S/C17H25N3O2S/c1-3-19(4-2)15(14-8-6-5-7-9-14)12-18-16(21)13-20-10-11-23-17(20)22/h5-9,15H,3-4,10-13H2,1-2H3,(H,18,21)/t15-/m1/s1. The van der Waals surface area contributed by atoms with Crippen molar-refractivity contribution in [2.75, 3.05) is 38.5 Å². The largest absolute Gasteiger partial charge is 0.353 e. The van der Waals surface area contributed by atoms with Gasteiger partial charge in [0.05, 0.1) is 6.04 Å². The van der Waals surface area contributed by atoms with Crippen LogP contribution >= 0.6 is 11.8 Å². The molecule has 0 bridgehead atoms. The van der Waals surface area contributed by atoms with Gasteiger partial charge >= 0.3 is 0 Å². The highest BCUT2D eigenvalue weighted by Crippen LogP contribution is 2.20. The Hall–Kier alpha value is -1.53. The van der Waals surface area contributed by atoms with Gasteiger partial charge in [-0.2, -0.15) is 0 Å². The maximum absolute atomic E-state index is 12.1. The monoisotopic (exact) mass is 335 g/mol. The van der Waals surface area contributed by atoms with Crippen LogP contribution in [0.4, 0.5) is 4.79 Å². The summed E-state index contributed by atoms with van der Waals surface area (Å²) in [7, 11) is 0. The first-order valence-electron chi connectivity index (χ1n) is 8.13. The summed E-state index contributed by atoms with van der Waals surface area (Å²) in [4.78, 5) is 27.6. The van der Waals surface area contributed by atoms with Crippen molar-refractivity contribution in [1.82, 2.24) is 15.1 Å². The highest BCUT2D eigenvalue weighted by atomic mass is 32.2. The molecule has 6 heteroatoms. The van der Waals surface area contributed by atoms with E-state index in [1.165, 1.54) is 17.3 Å². The fourth-order valence-electron chi connectivity index (χ4n) is 2.81. The van der Waals surface area contributed by atoms with Crippen LogP contribution in [0, 0.1) is 0 Å². The first-order chi connectivity index (χ1) is 11.2. The van der Waals surface area contributed by atoms with Gasteiger partial charge in [0.15, 0.2) is 0 Å². The predicted octanol–water partition coefficient (Wildman–Crippen LogP) is 2.35. The van der Waals surface area contributed by atoms with E-state index in [1.54, 1.807) is 4.90 Å². The molecule has 0 unspecified atom stereocenters. The number of rotatable bonds is 8. The van der Waals surface area contributed by atoms with Crippen LogP contribution in [0.25, 0.3) is 0 Å². The number of nitrogens with one attached hydrogen (secondary N) is 1. The molecule has 1 aliphatic rings. The number of carbonyl (C=O) groups is 2. The number of hydrogen-bond donors (Lipinski definition) is 1. The number of carbonyl (C=O) groups excluding carboxylic acids is 2. The van der Waals surface area contributed by atoms with Crippen molar-refractivity contribution < 1.29 is 9.59 Å². The predicted molar refractivity (Wildman–Crippen MR) is 94.5 cm³/mol. The highest BCUT2D eigenvalue weighted by molar-refractivity contribution is 8.13. The molecule has 1 heterocycles. The topological polar surface area (TPSA) is 52.7 Å². The van der Waals surface area contributed by atoms with Crippen LogP contribution in [0.1, 0.15) is 25.5 Å². The van der Waals surface area contributed by atoms with Gasteiger partial charge in [0.25, 0.3) is 5.24 Å². The summed E-state index contributed by atoms with van der Waals surface area (Å²) in [5.74, 6) is 0.687. The fourth-order valence-corrected chi connectivity index (χ4v) is 3.63. The number of amides is 2. The number of nitrogens with zero attached hydrogens (tertiary/aromatic N) is 2. The lowest BCUT2D eigenvalue weighted by molar-refractivity contribution is -0.121. The van der Waals surface area contributed by atoms with Crippen molar-refractivity contribution in [2.24, 2.45) is 0 Å². The van der Waals surface area contributed by atoms with Gasteiger partial charge < -0.3 is 10.2 Å². The molecule has 0 aromatic heterocycles. The number of benzene rings is 1. The summed E-state index contributed by atoms with van der Waals surface area (Å²) >= 11 is 1.28. The molecular weight excluding hydrogens is 310 g/mol. The summed E-state index contributed by atoms with van der Waals surface area (Å²) in [5.41, 5.74) is 1.20. The van der Waals surface area contributed by atoms with Crippen LogP contribution < -0.4 is 5.32 Å². The molecule has 1 fully saturated rings. The number of hydrogen-bond acceptors (Lipinski definition) is 4. The minimum absolute atomic E-state index is 0.00324. The summed E-state index contributed by atoms with van der Waals surface area (Å²) in [6, 6.07) is 10.4. The summed E-state index contributed by atoms with van der Waals surface area (Å²) in [5, 5.41) is 3.00. The van der Waals surface area contributed by atoms with Gasteiger partial charge in [-0.05, 0) is 18.7 Å². The van der Waals surface area contributed by atoms with Gasteiger partial charge in [-0.15, -0.1) is 0 Å². The molecule has 5 nitrogen and oxygen atoms in total. The van der Waals surface area contributed by atoms with Crippen molar-refractivity contribution in [3.8, 4) is 0 Å². The highest BCUT2D eigenvalue weighted by Gasteiger charge is 2.24. The third-order valence-corrected chi connectivity index (χ3v) is 5.00. The van der Waals surface area contributed by atoms with Crippen molar-refractivity contribution >= 4 is 22.9 Å². The van der Waals surface area contributed by atoms with Crippen molar-refractivity contribution in [1.29, 1.82) is 0 Å². The van der Waals surface area contributed by atoms with E-state index in [-0.39, 0.29) is 23.7 Å². The first kappa shape index (κ1) is 17.8. The van der Waals surface area contributed by atoms with E-state index in [4.69, 9.17) is 0 Å². The Morgan fingerprint density at radius 2 is 2.00 bits per heavy atom. The maximum atomic E-state index is 12.1. The molecule has 0 saturated carbocycles. The number of likely N-dealkylation sites (N-methyl/N-ethyl adjacent to an activating group) is 1. The van der Waals surface area contributed by atoms with Gasteiger partial charge in [0.1, 0.15) is 6.54 Å². The van der Waals surface area contributed by atoms with E-state index < -0.39 is 0 Å². The van der Waals surface area contributed by atoms with E-state index in [2.05, 4.69) is 36.2 Å². The minimum atomic E-state index is -0.0889. The second kappa shape index (κ2) is 8.93. The zero-order chi connectivity index (χ0) is 16.7. The molecule has 0 radical (unpaired) electrons. The molecule has 1 N–H and O–H groups in total. The Morgan fingerprint density at radius 3 is 2.57 bits per heavy atom. The van der Waals surface area contributed by atoms with E-state index in [0.29, 0.717) is 13.1 Å². The van der Waals surface area contributed by atoms with Crippen LogP contribution in [0.15, 0.2) is 30.3 Å². The Balaban J connectivity index is 1.95. The Labute approximate surface area is 142 Å². The van der Waals surface area contributed by atoms with Gasteiger partial charge in [0, 0.05) is 18.8 Å². The molecule has 1 aromatic rings. The molecule has 2 rings (SSSR count). The average molecular weight is 335 g/mol. The quantitative estimate of drug-likeness (QED) is 0.792. The maximum Gasteiger partial charge on any atom is 0.282 e. The Bertz CT molecular complexity index is 520. The third kappa shape index (κ3) is 4.97. The van der Waals surface area contributed by atoms with Crippen LogP contribution in [0.3, 0.4) is 0 Å². The Morgan fingerprint density at radius 1 is 1.30 bits per heavy atom. The van der Waals surface area contributed by atoms with Gasteiger partial charge in [-0.1, -0.05) is 55.9 Å². The SMILES string of the molecule is CCN(CC)[C@H](CNC(=O)CN1CCSC1=O)c1ccccc1. The first-order valence-corrected chi connectivity index (χ1v) is 9.11. The van der Waals surface area contributed by atoms with Crippen molar-refractivity contribution in [2.45, 2.75) is 19.9 Å². The second-order valence-corrected chi connectivity index (χ2v) is 6.53. The van der Waals surface area contributed by atoms with Gasteiger partial charge in [0.2, 0.25) is 5.91 Å². The molecule has 1 atom stereocenters. The molecular formula is C17H25N3O2S. The summed E-state index contributed by atoms with van der Waals surface area (Å²) < 4.78 is 0. The van der Waals surface area contributed by atoms with Crippen LogP contribution in [-0.2, 0) is 4.79 Å². The van der Waals surface area contributed by atoms with Gasteiger partial charge in [-0.25, -0.2) is 0 Å². The normalized spacial score (nSPS) is 16.0. The zero-order valence-electron chi connectivity index (χ0n) is 13.8. The smallest absolute Gasteiger partial charge is 0.282 e. The average Bonchev–Trinajstić information content (AvgIpc) is 2.97.